The minimum atomic E-state index is -0.0188. The van der Waals surface area contributed by atoms with E-state index in [9.17, 15) is 4.79 Å². The molecule has 1 atom stereocenters. The van der Waals surface area contributed by atoms with Gasteiger partial charge in [0, 0.05) is 18.1 Å². The molecule has 0 saturated carbocycles. The average Bonchev–Trinajstić information content (AvgIpc) is 2.93. The third kappa shape index (κ3) is 4.70. The smallest absolute Gasteiger partial charge is 0.318 e. The summed E-state index contributed by atoms with van der Waals surface area (Å²) in [6.07, 6.45) is 4.31. The standard InChI is InChI=1S/C21H25ClN2O2/c1-26-19-7-5-6-16(14-19)15-23-21(25)24-13-4-2-3-8-20(24)17-9-11-18(22)12-10-17/h5-7,9-12,14,20H,2-4,8,13,15H2,1H3,(H,23,25)/t20-/m0/s1. The van der Waals surface area contributed by atoms with Crippen molar-refractivity contribution in [3.05, 3.63) is 64.7 Å². The molecule has 2 amide bonds. The van der Waals surface area contributed by atoms with Crippen LogP contribution >= 0.6 is 11.6 Å². The van der Waals surface area contributed by atoms with Gasteiger partial charge in [-0.1, -0.05) is 48.7 Å². The highest BCUT2D eigenvalue weighted by Gasteiger charge is 2.26. The number of hydrogen-bond acceptors (Lipinski definition) is 2. The zero-order valence-electron chi connectivity index (χ0n) is 15.1. The summed E-state index contributed by atoms with van der Waals surface area (Å²) in [6, 6.07) is 15.7. The Morgan fingerprint density at radius 2 is 2.00 bits per heavy atom. The number of likely N-dealkylation sites (tertiary alicyclic amines) is 1. The van der Waals surface area contributed by atoms with Gasteiger partial charge in [-0.05, 0) is 48.2 Å². The molecule has 5 heteroatoms. The van der Waals surface area contributed by atoms with Crippen molar-refractivity contribution in [3.8, 4) is 5.75 Å². The number of nitrogens with zero attached hydrogens (tertiary/aromatic N) is 1. The van der Waals surface area contributed by atoms with Crippen LogP contribution in [0.3, 0.4) is 0 Å². The van der Waals surface area contributed by atoms with Crippen LogP contribution in [0.4, 0.5) is 4.79 Å². The quantitative estimate of drug-likeness (QED) is 0.803. The van der Waals surface area contributed by atoms with Gasteiger partial charge in [-0.2, -0.15) is 0 Å². The van der Waals surface area contributed by atoms with Gasteiger partial charge in [0.15, 0.2) is 0 Å². The first-order valence-corrected chi connectivity index (χ1v) is 9.48. The normalized spacial score (nSPS) is 17.5. The number of nitrogens with one attached hydrogen (secondary N) is 1. The summed E-state index contributed by atoms with van der Waals surface area (Å²) in [5.41, 5.74) is 2.17. The summed E-state index contributed by atoms with van der Waals surface area (Å²) in [4.78, 5) is 14.9. The Hall–Kier alpha value is -2.20. The summed E-state index contributed by atoms with van der Waals surface area (Å²) in [5, 5.41) is 3.78. The minimum Gasteiger partial charge on any atom is -0.497 e. The second-order valence-corrected chi connectivity index (χ2v) is 7.06. The molecule has 0 bridgehead atoms. The van der Waals surface area contributed by atoms with Crippen LogP contribution in [0, 0.1) is 0 Å². The predicted molar refractivity (Wildman–Crippen MR) is 105 cm³/mol. The summed E-state index contributed by atoms with van der Waals surface area (Å²) in [7, 11) is 1.64. The van der Waals surface area contributed by atoms with Crippen LogP contribution in [0.5, 0.6) is 5.75 Å². The van der Waals surface area contributed by atoms with E-state index in [4.69, 9.17) is 16.3 Å². The van der Waals surface area contributed by atoms with Crippen LogP contribution in [-0.2, 0) is 6.54 Å². The molecular weight excluding hydrogens is 348 g/mol. The minimum absolute atomic E-state index is 0.0188. The van der Waals surface area contributed by atoms with Crippen molar-refractivity contribution in [1.82, 2.24) is 10.2 Å². The van der Waals surface area contributed by atoms with E-state index in [0.717, 1.165) is 54.1 Å². The first kappa shape index (κ1) is 18.6. The number of rotatable bonds is 4. The third-order valence-corrected chi connectivity index (χ3v) is 5.10. The molecule has 26 heavy (non-hydrogen) atoms. The van der Waals surface area contributed by atoms with Crippen molar-refractivity contribution >= 4 is 17.6 Å². The third-order valence-electron chi connectivity index (χ3n) is 4.85. The van der Waals surface area contributed by atoms with Crippen LogP contribution in [-0.4, -0.2) is 24.6 Å². The van der Waals surface area contributed by atoms with E-state index in [1.165, 1.54) is 0 Å². The largest absolute Gasteiger partial charge is 0.497 e. The number of carbonyl (C=O) groups excluding carboxylic acids is 1. The fourth-order valence-electron chi connectivity index (χ4n) is 3.44. The Morgan fingerprint density at radius 1 is 1.19 bits per heavy atom. The highest BCUT2D eigenvalue weighted by molar-refractivity contribution is 6.30. The summed E-state index contributed by atoms with van der Waals surface area (Å²) in [5.74, 6) is 0.797. The van der Waals surface area contributed by atoms with Gasteiger partial charge < -0.3 is 15.0 Å². The number of amides is 2. The van der Waals surface area contributed by atoms with E-state index < -0.39 is 0 Å². The molecule has 0 aliphatic carbocycles. The van der Waals surface area contributed by atoms with Crippen molar-refractivity contribution in [3.63, 3.8) is 0 Å². The molecule has 4 nitrogen and oxygen atoms in total. The predicted octanol–water partition coefficient (Wildman–Crippen LogP) is 5.18. The van der Waals surface area contributed by atoms with E-state index in [1.54, 1.807) is 7.11 Å². The maximum Gasteiger partial charge on any atom is 0.318 e. The molecular formula is C21H25ClN2O2. The van der Waals surface area contributed by atoms with Crippen molar-refractivity contribution in [2.24, 2.45) is 0 Å². The SMILES string of the molecule is COc1cccc(CNC(=O)N2CCCCC[C@H]2c2ccc(Cl)cc2)c1. The van der Waals surface area contributed by atoms with E-state index in [2.05, 4.69) is 5.32 Å². The summed E-state index contributed by atoms with van der Waals surface area (Å²) < 4.78 is 5.25. The molecule has 1 aliphatic rings. The van der Waals surface area contributed by atoms with Crippen molar-refractivity contribution < 1.29 is 9.53 Å². The molecule has 0 radical (unpaired) electrons. The fourth-order valence-corrected chi connectivity index (χ4v) is 3.57. The van der Waals surface area contributed by atoms with Crippen LogP contribution in [0.25, 0.3) is 0 Å². The van der Waals surface area contributed by atoms with Gasteiger partial charge >= 0.3 is 6.03 Å². The zero-order valence-corrected chi connectivity index (χ0v) is 15.8. The van der Waals surface area contributed by atoms with Crippen LogP contribution < -0.4 is 10.1 Å². The topological polar surface area (TPSA) is 41.6 Å². The molecule has 3 rings (SSSR count). The van der Waals surface area contributed by atoms with Crippen molar-refractivity contribution in [2.75, 3.05) is 13.7 Å². The Morgan fingerprint density at radius 3 is 2.77 bits per heavy atom. The molecule has 0 spiro atoms. The number of ether oxygens (including phenoxy) is 1. The molecule has 0 aromatic heterocycles. The molecule has 1 fully saturated rings. The van der Waals surface area contributed by atoms with Gasteiger partial charge in [0.05, 0.1) is 13.2 Å². The van der Waals surface area contributed by atoms with Crippen LogP contribution in [0.2, 0.25) is 5.02 Å². The number of benzene rings is 2. The Kier molecular flexibility index (Phi) is 6.40. The van der Waals surface area contributed by atoms with E-state index >= 15 is 0 Å². The first-order chi connectivity index (χ1) is 12.7. The second-order valence-electron chi connectivity index (χ2n) is 6.62. The molecule has 138 valence electrons. The number of carbonyl (C=O) groups is 1. The number of halogens is 1. The first-order valence-electron chi connectivity index (χ1n) is 9.10. The number of hydrogen-bond donors (Lipinski definition) is 1. The van der Waals surface area contributed by atoms with Gasteiger partial charge in [0.25, 0.3) is 0 Å². The van der Waals surface area contributed by atoms with Crippen molar-refractivity contribution in [2.45, 2.75) is 38.3 Å². The van der Waals surface area contributed by atoms with Gasteiger partial charge in [0.1, 0.15) is 5.75 Å². The second kappa shape index (κ2) is 8.95. The molecule has 2 aromatic carbocycles. The Labute approximate surface area is 160 Å². The average molecular weight is 373 g/mol. The lowest BCUT2D eigenvalue weighted by Crippen LogP contribution is -2.41. The Bertz CT molecular complexity index is 733. The highest BCUT2D eigenvalue weighted by Crippen LogP contribution is 2.31. The molecule has 1 heterocycles. The van der Waals surface area contributed by atoms with Gasteiger partial charge in [-0.25, -0.2) is 4.79 Å². The Balaban J connectivity index is 1.70. The summed E-state index contributed by atoms with van der Waals surface area (Å²) >= 11 is 6.02. The lowest BCUT2D eigenvalue weighted by Gasteiger charge is -2.30. The fraction of sp³-hybridized carbons (Fsp3) is 0.381. The molecule has 1 saturated heterocycles. The molecule has 2 aromatic rings. The number of urea groups is 1. The van der Waals surface area contributed by atoms with Crippen LogP contribution in [0.1, 0.15) is 42.9 Å². The van der Waals surface area contributed by atoms with E-state index in [0.29, 0.717) is 6.54 Å². The monoisotopic (exact) mass is 372 g/mol. The van der Waals surface area contributed by atoms with Gasteiger partial charge in [0.2, 0.25) is 0 Å². The van der Waals surface area contributed by atoms with Gasteiger partial charge in [-0.15, -0.1) is 0 Å². The summed E-state index contributed by atoms with van der Waals surface area (Å²) in [6.45, 7) is 1.26. The maximum atomic E-state index is 12.9. The molecule has 1 aliphatic heterocycles. The van der Waals surface area contributed by atoms with Crippen LogP contribution in [0.15, 0.2) is 48.5 Å². The highest BCUT2D eigenvalue weighted by atomic mass is 35.5. The maximum absolute atomic E-state index is 12.9. The van der Waals surface area contributed by atoms with E-state index in [1.807, 2.05) is 53.4 Å². The molecule has 0 unspecified atom stereocenters. The number of methoxy groups -OCH3 is 1. The van der Waals surface area contributed by atoms with Gasteiger partial charge in [-0.3, -0.25) is 0 Å². The lowest BCUT2D eigenvalue weighted by atomic mass is 10.0. The molecule has 1 N–H and O–H groups in total. The lowest BCUT2D eigenvalue weighted by molar-refractivity contribution is 0.175. The van der Waals surface area contributed by atoms with Crippen molar-refractivity contribution in [1.29, 1.82) is 0 Å². The zero-order chi connectivity index (χ0) is 18.4. The van der Waals surface area contributed by atoms with E-state index in [-0.39, 0.29) is 12.1 Å².